The van der Waals surface area contributed by atoms with Crippen LogP contribution in [-0.2, 0) is 11.3 Å². The first kappa shape index (κ1) is 24.0. The summed E-state index contributed by atoms with van der Waals surface area (Å²) in [4.78, 5) is 28.7. The summed E-state index contributed by atoms with van der Waals surface area (Å²) in [6.07, 6.45) is -3.08. The molecule has 2 aromatic carbocycles. The van der Waals surface area contributed by atoms with E-state index in [1.807, 2.05) is 0 Å². The number of hydrogen-bond donors (Lipinski definition) is 3. The van der Waals surface area contributed by atoms with Gasteiger partial charge in [-0.2, -0.15) is 18.3 Å². The summed E-state index contributed by atoms with van der Waals surface area (Å²) in [5, 5.41) is 11.2. The normalized spacial score (nSPS) is 11.3. The molecule has 0 aliphatic carbocycles. The van der Waals surface area contributed by atoms with Crippen molar-refractivity contribution in [3.63, 3.8) is 0 Å². The molecule has 0 saturated carbocycles. The first-order valence-electron chi connectivity index (χ1n) is 10.3. The molecule has 35 heavy (non-hydrogen) atoms. The van der Waals surface area contributed by atoms with E-state index in [2.05, 4.69) is 20.7 Å². The third-order valence-electron chi connectivity index (χ3n) is 4.77. The van der Waals surface area contributed by atoms with E-state index in [4.69, 9.17) is 5.73 Å². The summed E-state index contributed by atoms with van der Waals surface area (Å²) in [5.41, 5.74) is 8.82. The lowest BCUT2D eigenvalue weighted by molar-refractivity contribution is -0.142. The van der Waals surface area contributed by atoms with Crippen molar-refractivity contribution in [3.05, 3.63) is 71.7 Å². The topological polar surface area (TPSA) is 115 Å². The van der Waals surface area contributed by atoms with Crippen LogP contribution in [0.1, 0.15) is 10.4 Å². The van der Waals surface area contributed by atoms with Crippen LogP contribution in [0.2, 0.25) is 0 Å². The van der Waals surface area contributed by atoms with Gasteiger partial charge in [-0.1, -0.05) is 18.2 Å². The van der Waals surface area contributed by atoms with Crippen LogP contribution >= 0.6 is 11.3 Å². The van der Waals surface area contributed by atoms with Crippen LogP contribution in [0.15, 0.2) is 66.2 Å². The van der Waals surface area contributed by atoms with Gasteiger partial charge in [0.15, 0.2) is 5.13 Å². The summed E-state index contributed by atoms with van der Waals surface area (Å²) >= 11 is 1.20. The van der Waals surface area contributed by atoms with Gasteiger partial charge in [-0.3, -0.25) is 14.3 Å². The molecule has 4 aromatic rings. The molecule has 2 heterocycles. The van der Waals surface area contributed by atoms with Crippen LogP contribution in [0.5, 0.6) is 0 Å². The number of carbonyl (C=O) groups is 2. The fourth-order valence-corrected chi connectivity index (χ4v) is 3.89. The van der Waals surface area contributed by atoms with Crippen molar-refractivity contribution < 1.29 is 22.8 Å². The number of aromatic nitrogens is 3. The molecule has 0 aliphatic heterocycles. The van der Waals surface area contributed by atoms with Crippen molar-refractivity contribution in [2.75, 3.05) is 17.6 Å². The zero-order valence-corrected chi connectivity index (χ0v) is 18.9. The molecular formula is C23H19F3N6O2S. The molecule has 0 atom stereocenters. The average molecular weight is 501 g/mol. The molecule has 0 radical (unpaired) electrons. The Labute approximate surface area is 201 Å². The minimum absolute atomic E-state index is 0.242. The Morgan fingerprint density at radius 1 is 1.03 bits per heavy atom. The minimum Gasteiger partial charge on any atom is -0.399 e. The number of carbonyl (C=O) groups excluding carboxylic acids is 2. The fourth-order valence-electron chi connectivity index (χ4n) is 3.15. The summed E-state index contributed by atoms with van der Waals surface area (Å²) in [7, 11) is 0. The average Bonchev–Trinajstić information content (AvgIpc) is 3.47. The van der Waals surface area contributed by atoms with Crippen LogP contribution in [-0.4, -0.2) is 39.3 Å². The molecule has 0 unspecified atom stereocenters. The Kier molecular flexibility index (Phi) is 6.82. The number of hydrogen-bond acceptors (Lipinski definition) is 6. The molecule has 0 saturated heterocycles. The summed E-state index contributed by atoms with van der Waals surface area (Å²) in [6, 6.07) is 14.9. The molecule has 0 spiro atoms. The van der Waals surface area contributed by atoms with Gasteiger partial charge in [0, 0.05) is 34.0 Å². The Hall–Kier alpha value is -4.19. The molecule has 4 N–H and O–H groups in total. The first-order chi connectivity index (χ1) is 16.7. The maximum atomic E-state index is 12.6. The molecule has 180 valence electrons. The minimum atomic E-state index is -4.36. The Morgan fingerprint density at radius 2 is 1.74 bits per heavy atom. The van der Waals surface area contributed by atoms with Gasteiger partial charge in [-0.25, -0.2) is 4.98 Å². The Balaban J connectivity index is 1.37. The Morgan fingerprint density at radius 3 is 2.46 bits per heavy atom. The molecule has 8 nitrogen and oxygen atoms in total. The largest absolute Gasteiger partial charge is 0.408 e. The molecule has 2 amide bonds. The highest BCUT2D eigenvalue weighted by Crippen LogP contribution is 2.28. The monoisotopic (exact) mass is 500 g/mol. The van der Waals surface area contributed by atoms with Gasteiger partial charge in [0.05, 0.1) is 17.9 Å². The van der Waals surface area contributed by atoms with Crippen LogP contribution in [0, 0.1) is 0 Å². The predicted molar refractivity (Wildman–Crippen MR) is 127 cm³/mol. The number of nitrogens with two attached hydrogens (primary N) is 1. The molecule has 0 bridgehead atoms. The van der Waals surface area contributed by atoms with Crippen molar-refractivity contribution in [1.82, 2.24) is 20.1 Å². The van der Waals surface area contributed by atoms with Crippen molar-refractivity contribution in [2.24, 2.45) is 0 Å². The standard InChI is InChI=1S/C23H19F3N6O2S/c24-23(25,26)13-32-9-8-18(31-32)15-2-1-3-16(10-15)19-12-35-22(29-19)30-20(33)11-28-21(34)14-4-6-17(27)7-5-14/h1-10,12H,11,13,27H2,(H,28,34)(H,29,30,33). The zero-order valence-electron chi connectivity index (χ0n) is 18.0. The zero-order chi connectivity index (χ0) is 25.0. The third kappa shape index (κ3) is 6.44. The summed E-state index contributed by atoms with van der Waals surface area (Å²) < 4.78 is 38.6. The lowest BCUT2D eigenvalue weighted by atomic mass is 10.1. The van der Waals surface area contributed by atoms with E-state index in [0.717, 1.165) is 4.68 Å². The van der Waals surface area contributed by atoms with Crippen molar-refractivity contribution >= 4 is 34.0 Å². The van der Waals surface area contributed by atoms with Gasteiger partial charge in [0.1, 0.15) is 6.54 Å². The first-order valence-corrected chi connectivity index (χ1v) is 11.1. The smallest absolute Gasteiger partial charge is 0.399 e. The summed E-state index contributed by atoms with van der Waals surface area (Å²) in [5.74, 6) is -0.854. The number of amides is 2. The van der Waals surface area contributed by atoms with E-state index >= 15 is 0 Å². The SMILES string of the molecule is Nc1ccc(C(=O)NCC(=O)Nc2nc(-c3cccc(-c4ccn(CC(F)(F)F)n4)c3)cs2)cc1. The van der Waals surface area contributed by atoms with Gasteiger partial charge in [-0.05, 0) is 36.4 Å². The van der Waals surface area contributed by atoms with Gasteiger partial charge < -0.3 is 16.4 Å². The van der Waals surface area contributed by atoms with Crippen molar-refractivity contribution in [2.45, 2.75) is 12.7 Å². The molecule has 2 aromatic heterocycles. The maximum absolute atomic E-state index is 12.6. The number of halogens is 3. The second kappa shape index (κ2) is 9.97. The number of anilines is 2. The number of benzene rings is 2. The lowest BCUT2D eigenvalue weighted by Crippen LogP contribution is -2.32. The maximum Gasteiger partial charge on any atom is 0.408 e. The Bertz CT molecular complexity index is 1350. The van der Waals surface area contributed by atoms with Crippen molar-refractivity contribution in [3.8, 4) is 22.5 Å². The van der Waals surface area contributed by atoms with E-state index in [1.165, 1.54) is 23.6 Å². The van der Waals surface area contributed by atoms with Crippen LogP contribution in [0.4, 0.5) is 24.0 Å². The predicted octanol–water partition coefficient (Wildman–Crippen LogP) is 4.19. The van der Waals surface area contributed by atoms with Crippen LogP contribution in [0.25, 0.3) is 22.5 Å². The lowest BCUT2D eigenvalue weighted by Gasteiger charge is -2.06. The molecule has 0 aliphatic rings. The highest BCUT2D eigenvalue weighted by atomic mass is 32.1. The van der Waals surface area contributed by atoms with Crippen molar-refractivity contribution in [1.29, 1.82) is 0 Å². The number of nitrogen functional groups attached to an aromatic ring is 1. The third-order valence-corrected chi connectivity index (χ3v) is 5.53. The number of nitrogens with one attached hydrogen (secondary N) is 2. The van der Waals surface area contributed by atoms with E-state index in [0.29, 0.717) is 38.9 Å². The molecule has 12 heteroatoms. The quantitative estimate of drug-likeness (QED) is 0.329. The van der Waals surface area contributed by atoms with E-state index in [9.17, 15) is 22.8 Å². The number of thiazole rings is 1. The molecule has 0 fully saturated rings. The van der Waals surface area contributed by atoms with Crippen LogP contribution < -0.4 is 16.4 Å². The number of rotatable bonds is 7. The van der Waals surface area contributed by atoms with Gasteiger partial charge in [0.2, 0.25) is 5.91 Å². The summed E-state index contributed by atoms with van der Waals surface area (Å²) in [6.45, 7) is -1.41. The molecule has 4 rings (SSSR count). The highest BCUT2D eigenvalue weighted by molar-refractivity contribution is 7.14. The van der Waals surface area contributed by atoms with Gasteiger partial charge in [-0.15, -0.1) is 11.3 Å². The van der Waals surface area contributed by atoms with Gasteiger partial charge in [0.25, 0.3) is 5.91 Å². The highest BCUT2D eigenvalue weighted by Gasteiger charge is 2.28. The number of alkyl halides is 3. The van der Waals surface area contributed by atoms with E-state index < -0.39 is 24.5 Å². The fraction of sp³-hybridized carbons (Fsp3) is 0.130. The number of nitrogens with zero attached hydrogens (tertiary/aromatic N) is 3. The van der Waals surface area contributed by atoms with Crippen LogP contribution in [0.3, 0.4) is 0 Å². The van der Waals surface area contributed by atoms with E-state index in [-0.39, 0.29) is 6.54 Å². The van der Waals surface area contributed by atoms with E-state index in [1.54, 1.807) is 53.9 Å². The second-order valence-electron chi connectivity index (χ2n) is 7.49. The molecular weight excluding hydrogens is 481 g/mol. The second-order valence-corrected chi connectivity index (χ2v) is 8.34. The van der Waals surface area contributed by atoms with Gasteiger partial charge >= 0.3 is 6.18 Å².